The number of carboxylic acid groups (broad SMARTS) is 1. The number of carbonyl (C=O) groups is 2. The summed E-state index contributed by atoms with van der Waals surface area (Å²) in [6.07, 6.45) is 9.66. The first-order valence-corrected chi connectivity index (χ1v) is 9.30. The highest BCUT2D eigenvalue weighted by Gasteiger charge is 2.31. The first-order chi connectivity index (χ1) is 12.1. The van der Waals surface area contributed by atoms with Crippen molar-refractivity contribution in [2.24, 2.45) is 0 Å². The predicted octanol–water partition coefficient (Wildman–Crippen LogP) is 2.48. The molecule has 1 aliphatic carbocycles. The highest BCUT2D eigenvalue weighted by Crippen LogP contribution is 2.26. The van der Waals surface area contributed by atoms with Gasteiger partial charge in [0.25, 0.3) is 5.91 Å². The zero-order valence-electron chi connectivity index (χ0n) is 14.8. The first kappa shape index (κ1) is 17.9. The van der Waals surface area contributed by atoms with Gasteiger partial charge < -0.3 is 14.7 Å². The van der Waals surface area contributed by atoms with E-state index in [1.54, 1.807) is 10.9 Å². The molecule has 2 heterocycles. The summed E-state index contributed by atoms with van der Waals surface area (Å²) < 4.78 is 7.76. The molecule has 1 atom stereocenters. The number of amides is 1. The normalized spacial score (nSPS) is 20.8. The van der Waals surface area contributed by atoms with Crippen molar-refractivity contribution in [1.29, 1.82) is 0 Å². The number of piperidine rings is 1. The zero-order valence-corrected chi connectivity index (χ0v) is 14.8. The predicted molar refractivity (Wildman–Crippen MR) is 91.5 cm³/mol. The van der Waals surface area contributed by atoms with Crippen LogP contribution in [-0.2, 0) is 9.53 Å². The van der Waals surface area contributed by atoms with Crippen LogP contribution in [0.25, 0.3) is 0 Å². The molecule has 1 unspecified atom stereocenters. The van der Waals surface area contributed by atoms with Gasteiger partial charge in [-0.15, -0.1) is 0 Å². The third kappa shape index (κ3) is 4.21. The number of likely N-dealkylation sites (tertiary alicyclic amines) is 1. The molecule has 7 nitrogen and oxygen atoms in total. The van der Waals surface area contributed by atoms with Crippen molar-refractivity contribution in [3.8, 4) is 0 Å². The van der Waals surface area contributed by atoms with Gasteiger partial charge in [-0.2, -0.15) is 5.10 Å². The van der Waals surface area contributed by atoms with E-state index in [-0.39, 0.29) is 29.7 Å². The lowest BCUT2D eigenvalue weighted by atomic mass is 10.0. The minimum absolute atomic E-state index is 0.0968. The number of rotatable bonds is 6. The Bertz CT molecular complexity index is 601. The summed E-state index contributed by atoms with van der Waals surface area (Å²) in [5.41, 5.74) is 0.203. The minimum Gasteiger partial charge on any atom is -0.478 e. The van der Waals surface area contributed by atoms with Crippen molar-refractivity contribution in [3.05, 3.63) is 18.0 Å². The summed E-state index contributed by atoms with van der Waals surface area (Å²) >= 11 is 0. The van der Waals surface area contributed by atoms with Crippen molar-refractivity contribution >= 4 is 11.9 Å². The highest BCUT2D eigenvalue weighted by atomic mass is 16.5. The largest absolute Gasteiger partial charge is 0.478 e. The summed E-state index contributed by atoms with van der Waals surface area (Å²) in [6.45, 7) is 3.33. The van der Waals surface area contributed by atoms with Gasteiger partial charge in [0.1, 0.15) is 6.10 Å². The summed E-state index contributed by atoms with van der Waals surface area (Å²) in [6, 6.07) is 0.146. The van der Waals surface area contributed by atoms with Gasteiger partial charge in [0, 0.05) is 19.3 Å². The molecule has 7 heteroatoms. The third-order valence-electron chi connectivity index (χ3n) is 5.30. The van der Waals surface area contributed by atoms with Gasteiger partial charge >= 0.3 is 5.97 Å². The Kier molecular flexibility index (Phi) is 5.73. The van der Waals surface area contributed by atoms with Crippen LogP contribution in [0.1, 0.15) is 68.3 Å². The monoisotopic (exact) mass is 349 g/mol. The van der Waals surface area contributed by atoms with Crippen LogP contribution in [0.15, 0.2) is 12.4 Å². The number of nitrogens with zero attached hydrogens (tertiary/aromatic N) is 3. The molecule has 2 aliphatic rings. The lowest BCUT2D eigenvalue weighted by molar-refractivity contribution is -0.149. The Morgan fingerprint density at radius 1 is 1.28 bits per heavy atom. The van der Waals surface area contributed by atoms with Crippen LogP contribution in [0.5, 0.6) is 0 Å². The van der Waals surface area contributed by atoms with E-state index in [0.29, 0.717) is 19.5 Å². The minimum atomic E-state index is -0.964. The second-order valence-corrected chi connectivity index (χ2v) is 7.01. The molecule has 3 rings (SSSR count). The summed E-state index contributed by atoms with van der Waals surface area (Å²) in [7, 11) is 0. The van der Waals surface area contributed by atoms with E-state index in [1.807, 2.05) is 11.8 Å². The van der Waals surface area contributed by atoms with Crippen molar-refractivity contribution < 1.29 is 19.4 Å². The first-order valence-electron chi connectivity index (χ1n) is 9.30. The van der Waals surface area contributed by atoms with Gasteiger partial charge in [0.15, 0.2) is 0 Å². The van der Waals surface area contributed by atoms with Crippen molar-refractivity contribution in [1.82, 2.24) is 14.7 Å². The SMILES string of the molecule is CCC(OC1CCCC1)C(=O)N1CCC(n2cc(C(=O)O)cn2)CC1. The van der Waals surface area contributed by atoms with E-state index in [1.165, 1.54) is 19.0 Å². The highest BCUT2D eigenvalue weighted by molar-refractivity contribution is 5.86. The van der Waals surface area contributed by atoms with Gasteiger partial charge in [-0.05, 0) is 32.1 Å². The lowest BCUT2D eigenvalue weighted by Gasteiger charge is -2.34. The van der Waals surface area contributed by atoms with Crippen LogP contribution in [0.3, 0.4) is 0 Å². The molecule has 1 saturated heterocycles. The molecule has 0 bridgehead atoms. The fraction of sp³-hybridized carbons (Fsp3) is 0.722. The molecule has 0 radical (unpaired) electrons. The van der Waals surface area contributed by atoms with Crippen molar-refractivity contribution in [2.45, 2.75) is 70.1 Å². The van der Waals surface area contributed by atoms with Gasteiger partial charge in [-0.1, -0.05) is 19.8 Å². The molecular formula is C18H27N3O4. The van der Waals surface area contributed by atoms with E-state index in [9.17, 15) is 9.59 Å². The standard InChI is InChI=1S/C18H27N3O4/c1-2-16(25-15-5-3-4-6-15)17(22)20-9-7-14(8-10-20)21-12-13(11-19-21)18(23)24/h11-12,14-16H,2-10H2,1H3,(H,23,24). The third-order valence-corrected chi connectivity index (χ3v) is 5.30. The molecule has 1 amide bonds. The summed E-state index contributed by atoms with van der Waals surface area (Å²) in [4.78, 5) is 25.6. The van der Waals surface area contributed by atoms with Crippen molar-refractivity contribution in [3.63, 3.8) is 0 Å². The molecule has 1 aromatic rings. The molecular weight excluding hydrogens is 322 g/mol. The summed E-state index contributed by atoms with van der Waals surface area (Å²) in [5, 5.41) is 13.2. The van der Waals surface area contributed by atoms with Crippen LogP contribution in [0, 0.1) is 0 Å². The van der Waals surface area contributed by atoms with Crippen LogP contribution >= 0.6 is 0 Å². The van der Waals surface area contributed by atoms with E-state index in [2.05, 4.69) is 5.10 Å². The second-order valence-electron chi connectivity index (χ2n) is 7.01. The molecule has 1 aliphatic heterocycles. The maximum absolute atomic E-state index is 12.8. The Morgan fingerprint density at radius 2 is 1.96 bits per heavy atom. The number of ether oxygens (including phenoxy) is 1. The van der Waals surface area contributed by atoms with Gasteiger partial charge in [-0.25, -0.2) is 4.79 Å². The topological polar surface area (TPSA) is 84.7 Å². The number of aromatic carboxylic acids is 1. The average Bonchev–Trinajstić information content (AvgIpc) is 3.31. The zero-order chi connectivity index (χ0) is 17.8. The van der Waals surface area contributed by atoms with E-state index in [4.69, 9.17) is 9.84 Å². The number of carbonyl (C=O) groups excluding carboxylic acids is 1. The van der Waals surface area contributed by atoms with Gasteiger partial charge in [-0.3, -0.25) is 9.48 Å². The molecule has 1 aromatic heterocycles. The molecule has 25 heavy (non-hydrogen) atoms. The van der Waals surface area contributed by atoms with Gasteiger partial charge in [0.2, 0.25) is 0 Å². The van der Waals surface area contributed by atoms with Crippen molar-refractivity contribution in [2.75, 3.05) is 13.1 Å². The van der Waals surface area contributed by atoms with E-state index >= 15 is 0 Å². The van der Waals surface area contributed by atoms with Crippen LogP contribution in [0.4, 0.5) is 0 Å². The average molecular weight is 349 g/mol. The van der Waals surface area contributed by atoms with Crippen LogP contribution < -0.4 is 0 Å². The fourth-order valence-electron chi connectivity index (χ4n) is 3.79. The number of aromatic nitrogens is 2. The maximum atomic E-state index is 12.8. The molecule has 2 fully saturated rings. The summed E-state index contributed by atoms with van der Waals surface area (Å²) in [5.74, 6) is -0.867. The van der Waals surface area contributed by atoms with Crippen LogP contribution in [0.2, 0.25) is 0 Å². The Morgan fingerprint density at radius 3 is 2.52 bits per heavy atom. The lowest BCUT2D eigenvalue weighted by Crippen LogP contribution is -2.45. The smallest absolute Gasteiger partial charge is 0.338 e. The molecule has 1 N–H and O–H groups in total. The molecule has 0 aromatic carbocycles. The quantitative estimate of drug-likeness (QED) is 0.853. The number of hydrogen-bond donors (Lipinski definition) is 1. The number of hydrogen-bond acceptors (Lipinski definition) is 4. The Hall–Kier alpha value is -1.89. The fourth-order valence-corrected chi connectivity index (χ4v) is 3.79. The Balaban J connectivity index is 1.53. The van der Waals surface area contributed by atoms with E-state index in [0.717, 1.165) is 25.7 Å². The Labute approximate surface area is 147 Å². The molecule has 0 spiro atoms. The number of carboxylic acids is 1. The van der Waals surface area contributed by atoms with Crippen LogP contribution in [-0.4, -0.2) is 57.0 Å². The molecule has 1 saturated carbocycles. The second kappa shape index (κ2) is 7.99. The van der Waals surface area contributed by atoms with E-state index < -0.39 is 5.97 Å². The maximum Gasteiger partial charge on any atom is 0.338 e. The van der Waals surface area contributed by atoms with Gasteiger partial charge in [0.05, 0.1) is 23.9 Å². The molecule has 138 valence electrons.